The Morgan fingerprint density at radius 1 is 1.25 bits per heavy atom. The summed E-state index contributed by atoms with van der Waals surface area (Å²) in [5.74, 6) is 0.336. The van der Waals surface area contributed by atoms with Crippen LogP contribution in [0.4, 0.5) is 4.39 Å². The third-order valence-corrected chi connectivity index (χ3v) is 3.42. The number of hydrogen-bond donors (Lipinski definition) is 0. The maximum Gasteiger partial charge on any atom is 0.123 e. The van der Waals surface area contributed by atoms with E-state index in [1.165, 1.54) is 6.07 Å². The second kappa shape index (κ2) is 5.65. The molecule has 0 N–H and O–H groups in total. The van der Waals surface area contributed by atoms with Crippen LogP contribution < -0.4 is 0 Å². The molecule has 1 saturated carbocycles. The van der Waals surface area contributed by atoms with Crippen molar-refractivity contribution < 1.29 is 9.13 Å². The minimum absolute atomic E-state index is 0.142. The fourth-order valence-corrected chi connectivity index (χ4v) is 2.59. The molecule has 0 aromatic heterocycles. The third kappa shape index (κ3) is 2.96. The average Bonchev–Trinajstić information content (AvgIpc) is 2.30. The molecule has 0 spiro atoms. The number of rotatable bonds is 3. The monoisotopic (exact) mass is 242 g/mol. The Balaban J connectivity index is 1.94. The van der Waals surface area contributed by atoms with E-state index in [0.717, 1.165) is 31.2 Å². The number of hydrogen-bond acceptors (Lipinski definition) is 1. The molecule has 0 amide bonds. The van der Waals surface area contributed by atoms with Gasteiger partial charge in [-0.3, -0.25) is 0 Å². The van der Waals surface area contributed by atoms with Gasteiger partial charge >= 0.3 is 0 Å². The van der Waals surface area contributed by atoms with Crippen LogP contribution in [-0.4, -0.2) is 12.2 Å². The van der Waals surface area contributed by atoms with E-state index in [1.807, 2.05) is 6.07 Å². The third-order valence-electron chi connectivity index (χ3n) is 3.29. The molecule has 16 heavy (non-hydrogen) atoms. The van der Waals surface area contributed by atoms with E-state index in [-0.39, 0.29) is 11.9 Å². The maximum atomic E-state index is 13.1. The zero-order chi connectivity index (χ0) is 11.4. The lowest BCUT2D eigenvalue weighted by Crippen LogP contribution is -2.20. The highest BCUT2D eigenvalue weighted by Gasteiger charge is 2.22. The van der Waals surface area contributed by atoms with Crippen LogP contribution in [-0.2, 0) is 4.74 Å². The molecule has 0 heterocycles. The Morgan fingerprint density at radius 3 is 2.62 bits per heavy atom. The minimum atomic E-state index is -0.142. The molecule has 1 aliphatic carbocycles. The number of benzene rings is 1. The van der Waals surface area contributed by atoms with Crippen molar-refractivity contribution in [2.24, 2.45) is 0 Å². The van der Waals surface area contributed by atoms with Gasteiger partial charge in [0.1, 0.15) is 11.9 Å². The lowest BCUT2D eigenvalue weighted by Gasteiger charge is -2.28. The maximum absolute atomic E-state index is 13.1. The second-order valence-corrected chi connectivity index (χ2v) is 4.52. The van der Waals surface area contributed by atoms with Gasteiger partial charge in [0.2, 0.25) is 0 Å². The quantitative estimate of drug-likeness (QED) is 0.727. The van der Waals surface area contributed by atoms with Crippen LogP contribution in [0.5, 0.6) is 0 Å². The Bertz CT molecular complexity index is 334. The Labute approximate surface area is 101 Å². The molecule has 0 unspecified atom stereocenters. The molecule has 1 fully saturated rings. The molecule has 2 rings (SSSR count). The van der Waals surface area contributed by atoms with Gasteiger partial charge in [-0.05, 0) is 49.3 Å². The summed E-state index contributed by atoms with van der Waals surface area (Å²) >= 11 is 5.54. The molecule has 1 aliphatic rings. The highest BCUT2D eigenvalue weighted by atomic mass is 35.5. The van der Waals surface area contributed by atoms with Crippen molar-refractivity contribution in [3.63, 3.8) is 0 Å². The second-order valence-electron chi connectivity index (χ2n) is 4.30. The van der Waals surface area contributed by atoms with E-state index >= 15 is 0 Å². The first-order chi connectivity index (χ1) is 7.79. The van der Waals surface area contributed by atoms with Crippen LogP contribution >= 0.6 is 11.6 Å². The molecule has 0 radical (unpaired) electrons. The summed E-state index contributed by atoms with van der Waals surface area (Å²) in [6.07, 6.45) is 4.46. The molecule has 0 aliphatic heterocycles. The van der Waals surface area contributed by atoms with Crippen LogP contribution in [0.3, 0.4) is 0 Å². The summed E-state index contributed by atoms with van der Waals surface area (Å²) in [6, 6.07) is 7.21. The van der Waals surface area contributed by atoms with E-state index in [4.69, 9.17) is 16.3 Å². The molecular formula is C13H16ClFO. The first-order valence-corrected chi connectivity index (χ1v) is 6.26. The zero-order valence-corrected chi connectivity index (χ0v) is 9.92. The van der Waals surface area contributed by atoms with Gasteiger partial charge in [-0.1, -0.05) is 23.7 Å². The Morgan fingerprint density at radius 2 is 2.00 bits per heavy atom. The van der Waals surface area contributed by atoms with Crippen molar-refractivity contribution in [1.82, 2.24) is 0 Å². The van der Waals surface area contributed by atoms with Gasteiger partial charge in [0, 0.05) is 0 Å². The lowest BCUT2D eigenvalue weighted by molar-refractivity contribution is 0.0530. The van der Waals surface area contributed by atoms with Gasteiger partial charge in [0.15, 0.2) is 0 Å². The van der Waals surface area contributed by atoms with Crippen LogP contribution in [0, 0.1) is 5.82 Å². The first kappa shape index (κ1) is 11.9. The van der Waals surface area contributed by atoms with E-state index in [2.05, 4.69) is 0 Å². The van der Waals surface area contributed by atoms with Crippen molar-refractivity contribution in [3.05, 3.63) is 35.6 Å². The van der Waals surface area contributed by atoms with Crippen LogP contribution in [0.1, 0.15) is 37.2 Å². The van der Waals surface area contributed by atoms with E-state index in [0.29, 0.717) is 12.0 Å². The summed E-state index contributed by atoms with van der Waals surface area (Å²) in [7, 11) is 0. The lowest BCUT2D eigenvalue weighted by atomic mass is 9.83. The molecule has 3 heteroatoms. The molecule has 1 nitrogen and oxygen atoms in total. The number of ether oxygens (including phenoxy) is 1. The van der Waals surface area contributed by atoms with Crippen molar-refractivity contribution in [2.75, 3.05) is 6.07 Å². The fourth-order valence-electron chi connectivity index (χ4n) is 2.41. The summed E-state index contributed by atoms with van der Waals surface area (Å²) < 4.78 is 18.5. The highest BCUT2D eigenvalue weighted by molar-refractivity contribution is 6.17. The smallest absolute Gasteiger partial charge is 0.123 e. The number of halogens is 2. The van der Waals surface area contributed by atoms with Gasteiger partial charge in [-0.25, -0.2) is 4.39 Å². The van der Waals surface area contributed by atoms with Gasteiger partial charge in [-0.15, -0.1) is 0 Å². The fraction of sp³-hybridized carbons (Fsp3) is 0.538. The molecular weight excluding hydrogens is 227 g/mol. The summed E-state index contributed by atoms with van der Waals surface area (Å²) in [6.45, 7) is 0. The molecule has 88 valence electrons. The van der Waals surface area contributed by atoms with Crippen molar-refractivity contribution in [3.8, 4) is 0 Å². The molecule has 0 atom stereocenters. The number of alkyl halides is 1. The van der Waals surface area contributed by atoms with Crippen molar-refractivity contribution in [1.29, 1.82) is 0 Å². The van der Waals surface area contributed by atoms with Gasteiger partial charge in [0.05, 0.1) is 6.10 Å². The first-order valence-electron chi connectivity index (χ1n) is 5.72. The van der Waals surface area contributed by atoms with Crippen LogP contribution in [0.2, 0.25) is 0 Å². The Hall–Kier alpha value is -0.600. The summed E-state index contributed by atoms with van der Waals surface area (Å²) in [5.41, 5.74) is 1.12. The van der Waals surface area contributed by atoms with Gasteiger partial charge in [-0.2, -0.15) is 0 Å². The standard InChI is InChI=1S/C13H16ClFO/c14-9-16-13-6-4-10(5-7-13)11-2-1-3-12(15)8-11/h1-3,8,10,13H,4-7,9H2/t10-,13+. The normalized spacial score (nSPS) is 25.6. The predicted molar refractivity (Wildman–Crippen MR) is 63.2 cm³/mol. The summed E-state index contributed by atoms with van der Waals surface area (Å²) in [5, 5.41) is 0. The largest absolute Gasteiger partial charge is 0.363 e. The molecule has 1 aromatic carbocycles. The van der Waals surface area contributed by atoms with Crippen molar-refractivity contribution >= 4 is 11.6 Å². The van der Waals surface area contributed by atoms with Crippen LogP contribution in [0.15, 0.2) is 24.3 Å². The van der Waals surface area contributed by atoms with E-state index < -0.39 is 0 Å². The van der Waals surface area contributed by atoms with Gasteiger partial charge in [0.25, 0.3) is 0 Å². The minimum Gasteiger partial charge on any atom is -0.363 e. The van der Waals surface area contributed by atoms with Crippen molar-refractivity contribution in [2.45, 2.75) is 37.7 Å². The molecule has 0 saturated heterocycles. The predicted octanol–water partition coefficient (Wildman–Crippen LogP) is 4.06. The topological polar surface area (TPSA) is 9.23 Å². The summed E-state index contributed by atoms with van der Waals surface area (Å²) in [4.78, 5) is 0. The Kier molecular flexibility index (Phi) is 4.19. The van der Waals surface area contributed by atoms with E-state index in [9.17, 15) is 4.39 Å². The van der Waals surface area contributed by atoms with Gasteiger partial charge < -0.3 is 4.74 Å². The SMILES string of the molecule is Fc1cccc([C@H]2CC[C@@H](OCCl)CC2)c1. The van der Waals surface area contributed by atoms with E-state index in [1.54, 1.807) is 12.1 Å². The molecule has 1 aromatic rings. The average molecular weight is 243 g/mol. The zero-order valence-electron chi connectivity index (χ0n) is 9.16. The molecule has 0 bridgehead atoms. The highest BCUT2D eigenvalue weighted by Crippen LogP contribution is 2.34. The van der Waals surface area contributed by atoms with Crippen LogP contribution in [0.25, 0.3) is 0 Å².